The minimum absolute atomic E-state index is 0.713. The lowest BCUT2D eigenvalue weighted by atomic mass is 10.1. The van der Waals surface area contributed by atoms with E-state index in [0.717, 1.165) is 35.3 Å². The van der Waals surface area contributed by atoms with Gasteiger partial charge in [-0.05, 0) is 36.9 Å². The topological polar surface area (TPSA) is 43.4 Å². The first-order valence-corrected chi connectivity index (χ1v) is 6.66. The normalized spacial score (nSPS) is 10.9. The standard InChI is InChI=1S/C16H20N2O2/c1-4-5-6-8-17-16-13-11-15(20-3)14(19-2)10-12(13)7-9-18-16/h4-5,7,9-11H,6,8H2,1-3H3,(H,17,18)/b5-4+. The van der Waals surface area contributed by atoms with Gasteiger partial charge in [-0.2, -0.15) is 0 Å². The lowest BCUT2D eigenvalue weighted by Gasteiger charge is -2.12. The molecular formula is C16H20N2O2. The molecule has 0 radical (unpaired) electrons. The van der Waals surface area contributed by atoms with Crippen LogP contribution < -0.4 is 14.8 Å². The zero-order valence-electron chi connectivity index (χ0n) is 12.1. The molecule has 1 aromatic carbocycles. The first kappa shape index (κ1) is 14.2. The summed E-state index contributed by atoms with van der Waals surface area (Å²) in [6, 6.07) is 5.89. The summed E-state index contributed by atoms with van der Waals surface area (Å²) in [5.74, 6) is 2.31. The Bertz CT molecular complexity index is 609. The van der Waals surface area contributed by atoms with Gasteiger partial charge in [-0.1, -0.05) is 12.2 Å². The Morgan fingerprint density at radius 3 is 2.65 bits per heavy atom. The van der Waals surface area contributed by atoms with Crippen molar-refractivity contribution in [3.8, 4) is 11.5 Å². The highest BCUT2D eigenvalue weighted by atomic mass is 16.5. The van der Waals surface area contributed by atoms with Gasteiger partial charge in [-0.3, -0.25) is 0 Å². The van der Waals surface area contributed by atoms with Gasteiger partial charge in [0.25, 0.3) is 0 Å². The van der Waals surface area contributed by atoms with Crippen molar-refractivity contribution in [2.24, 2.45) is 0 Å². The van der Waals surface area contributed by atoms with Gasteiger partial charge >= 0.3 is 0 Å². The number of nitrogens with zero attached hydrogens (tertiary/aromatic N) is 1. The number of ether oxygens (including phenoxy) is 2. The summed E-state index contributed by atoms with van der Waals surface area (Å²) in [5.41, 5.74) is 0. The fourth-order valence-corrected chi connectivity index (χ4v) is 2.08. The largest absolute Gasteiger partial charge is 0.493 e. The molecule has 0 spiro atoms. The van der Waals surface area contributed by atoms with Crippen LogP contribution in [0, 0.1) is 0 Å². The van der Waals surface area contributed by atoms with Crippen LogP contribution in [0.2, 0.25) is 0 Å². The first-order chi connectivity index (χ1) is 9.80. The van der Waals surface area contributed by atoms with Crippen molar-refractivity contribution in [2.75, 3.05) is 26.1 Å². The maximum atomic E-state index is 5.35. The summed E-state index contributed by atoms with van der Waals surface area (Å²) in [6.45, 7) is 2.87. The van der Waals surface area contributed by atoms with E-state index in [4.69, 9.17) is 9.47 Å². The quantitative estimate of drug-likeness (QED) is 0.644. The zero-order valence-corrected chi connectivity index (χ0v) is 12.1. The number of anilines is 1. The Hall–Kier alpha value is -2.23. The molecule has 0 amide bonds. The number of hydrogen-bond donors (Lipinski definition) is 1. The molecule has 1 aromatic heterocycles. The van der Waals surface area contributed by atoms with Crippen LogP contribution in [0.3, 0.4) is 0 Å². The summed E-state index contributed by atoms with van der Waals surface area (Å²) in [7, 11) is 3.28. The summed E-state index contributed by atoms with van der Waals surface area (Å²) in [4.78, 5) is 4.40. The number of methoxy groups -OCH3 is 2. The summed E-state index contributed by atoms with van der Waals surface area (Å²) < 4.78 is 10.7. The molecule has 0 unspecified atom stereocenters. The third-order valence-corrected chi connectivity index (χ3v) is 3.11. The lowest BCUT2D eigenvalue weighted by molar-refractivity contribution is 0.356. The Balaban J connectivity index is 2.35. The fourth-order valence-electron chi connectivity index (χ4n) is 2.08. The van der Waals surface area contributed by atoms with E-state index < -0.39 is 0 Å². The zero-order chi connectivity index (χ0) is 14.4. The summed E-state index contributed by atoms with van der Waals surface area (Å²) in [6.07, 6.45) is 6.95. The molecule has 0 saturated heterocycles. The molecule has 2 aromatic rings. The first-order valence-electron chi connectivity index (χ1n) is 6.66. The minimum atomic E-state index is 0.713. The molecule has 2 rings (SSSR count). The Morgan fingerprint density at radius 2 is 1.95 bits per heavy atom. The van der Waals surface area contributed by atoms with Crippen molar-refractivity contribution >= 4 is 16.6 Å². The van der Waals surface area contributed by atoms with Crippen LogP contribution in [0.1, 0.15) is 13.3 Å². The number of rotatable bonds is 6. The molecule has 20 heavy (non-hydrogen) atoms. The molecule has 0 fully saturated rings. The molecule has 4 nitrogen and oxygen atoms in total. The fraction of sp³-hybridized carbons (Fsp3) is 0.312. The van der Waals surface area contributed by atoms with E-state index in [1.165, 1.54) is 0 Å². The lowest BCUT2D eigenvalue weighted by Crippen LogP contribution is -2.03. The van der Waals surface area contributed by atoms with Crippen molar-refractivity contribution in [2.45, 2.75) is 13.3 Å². The van der Waals surface area contributed by atoms with Crippen LogP contribution in [0.4, 0.5) is 5.82 Å². The molecule has 0 bridgehead atoms. The van der Waals surface area contributed by atoms with Crippen LogP contribution in [0.25, 0.3) is 10.8 Å². The highest BCUT2D eigenvalue weighted by Crippen LogP contribution is 2.34. The number of benzene rings is 1. The van der Waals surface area contributed by atoms with Gasteiger partial charge < -0.3 is 14.8 Å². The molecule has 4 heteroatoms. The molecule has 0 atom stereocenters. The predicted molar refractivity (Wildman–Crippen MR) is 82.8 cm³/mol. The number of hydrogen-bond acceptors (Lipinski definition) is 4. The van der Waals surface area contributed by atoms with Crippen molar-refractivity contribution < 1.29 is 9.47 Å². The van der Waals surface area contributed by atoms with E-state index in [1.807, 2.05) is 31.2 Å². The van der Waals surface area contributed by atoms with Gasteiger partial charge in [0.05, 0.1) is 14.2 Å². The van der Waals surface area contributed by atoms with Crippen LogP contribution in [0.5, 0.6) is 11.5 Å². The number of allylic oxidation sites excluding steroid dienone is 1. The molecule has 0 aliphatic heterocycles. The number of aromatic nitrogens is 1. The maximum Gasteiger partial charge on any atom is 0.161 e. The SMILES string of the molecule is C/C=C/CCNc1nccc2cc(OC)c(OC)cc12. The van der Waals surface area contributed by atoms with Crippen molar-refractivity contribution in [1.29, 1.82) is 0 Å². The molecule has 1 heterocycles. The minimum Gasteiger partial charge on any atom is -0.493 e. The Morgan fingerprint density at radius 1 is 1.20 bits per heavy atom. The second-order valence-corrected chi connectivity index (χ2v) is 4.37. The van der Waals surface area contributed by atoms with Gasteiger partial charge in [-0.25, -0.2) is 4.98 Å². The highest BCUT2D eigenvalue weighted by molar-refractivity contribution is 5.94. The van der Waals surface area contributed by atoms with Gasteiger partial charge in [0.1, 0.15) is 5.82 Å². The summed E-state index contributed by atoms with van der Waals surface area (Å²) in [5, 5.41) is 5.46. The van der Waals surface area contributed by atoms with Crippen LogP contribution in [-0.4, -0.2) is 25.7 Å². The third-order valence-electron chi connectivity index (χ3n) is 3.11. The predicted octanol–water partition coefficient (Wildman–Crippen LogP) is 3.63. The van der Waals surface area contributed by atoms with E-state index in [1.54, 1.807) is 20.4 Å². The average Bonchev–Trinajstić information content (AvgIpc) is 2.50. The Labute approximate surface area is 119 Å². The van der Waals surface area contributed by atoms with E-state index in [0.29, 0.717) is 5.75 Å². The molecule has 0 saturated carbocycles. The molecule has 0 aliphatic rings. The van der Waals surface area contributed by atoms with Gasteiger partial charge in [0.2, 0.25) is 0 Å². The number of nitrogens with one attached hydrogen (secondary N) is 1. The third kappa shape index (κ3) is 3.02. The van der Waals surface area contributed by atoms with Gasteiger partial charge in [0, 0.05) is 18.1 Å². The molecule has 106 valence electrons. The maximum absolute atomic E-state index is 5.35. The van der Waals surface area contributed by atoms with E-state index in [-0.39, 0.29) is 0 Å². The monoisotopic (exact) mass is 272 g/mol. The van der Waals surface area contributed by atoms with E-state index in [9.17, 15) is 0 Å². The van der Waals surface area contributed by atoms with Crippen LogP contribution in [-0.2, 0) is 0 Å². The second-order valence-electron chi connectivity index (χ2n) is 4.37. The second kappa shape index (κ2) is 6.80. The van der Waals surface area contributed by atoms with Crippen molar-refractivity contribution in [1.82, 2.24) is 4.98 Å². The smallest absolute Gasteiger partial charge is 0.161 e. The number of fused-ring (bicyclic) bond motifs is 1. The molecule has 1 N–H and O–H groups in total. The van der Waals surface area contributed by atoms with E-state index in [2.05, 4.69) is 16.4 Å². The van der Waals surface area contributed by atoms with Crippen molar-refractivity contribution in [3.63, 3.8) is 0 Å². The van der Waals surface area contributed by atoms with Crippen LogP contribution >= 0.6 is 0 Å². The molecular weight excluding hydrogens is 252 g/mol. The van der Waals surface area contributed by atoms with Crippen LogP contribution in [0.15, 0.2) is 36.5 Å². The molecule has 0 aliphatic carbocycles. The Kier molecular flexibility index (Phi) is 4.82. The number of pyridine rings is 1. The van der Waals surface area contributed by atoms with Gasteiger partial charge in [-0.15, -0.1) is 0 Å². The van der Waals surface area contributed by atoms with Crippen molar-refractivity contribution in [3.05, 3.63) is 36.5 Å². The van der Waals surface area contributed by atoms with E-state index >= 15 is 0 Å². The average molecular weight is 272 g/mol. The van der Waals surface area contributed by atoms with Gasteiger partial charge in [0.15, 0.2) is 11.5 Å². The summed E-state index contributed by atoms with van der Waals surface area (Å²) >= 11 is 0. The highest BCUT2D eigenvalue weighted by Gasteiger charge is 2.09.